The van der Waals surface area contributed by atoms with Crippen LogP contribution < -0.4 is 0 Å². The van der Waals surface area contributed by atoms with Gasteiger partial charge in [-0.25, -0.2) is 13.9 Å². The highest BCUT2D eigenvalue weighted by atomic mass is 19.4. The van der Waals surface area contributed by atoms with E-state index in [-0.39, 0.29) is 17.7 Å². The van der Waals surface area contributed by atoms with E-state index in [0.717, 1.165) is 12.1 Å². The van der Waals surface area contributed by atoms with Crippen molar-refractivity contribution in [3.8, 4) is 5.69 Å². The molecule has 2 heterocycles. The molecule has 0 aliphatic heterocycles. The lowest BCUT2D eigenvalue weighted by Crippen LogP contribution is -2.07. The highest BCUT2D eigenvalue weighted by Gasteiger charge is 2.31. The number of halogens is 4. The highest BCUT2D eigenvalue weighted by molar-refractivity contribution is 5.85. The molecule has 0 saturated heterocycles. The van der Waals surface area contributed by atoms with Crippen LogP contribution in [0.25, 0.3) is 5.69 Å². The molecule has 2 aromatic heterocycles. The van der Waals surface area contributed by atoms with Crippen LogP contribution in [0.3, 0.4) is 0 Å². The van der Waals surface area contributed by atoms with Crippen molar-refractivity contribution < 1.29 is 27.5 Å². The largest absolute Gasteiger partial charge is 0.476 e. The molecule has 0 fully saturated rings. The molecule has 0 atom stereocenters. The molecule has 0 bridgehead atoms. The molecule has 5 nitrogen and oxygen atoms in total. The lowest BCUT2D eigenvalue weighted by molar-refractivity contribution is -0.137. The third kappa shape index (κ3) is 3.88. The molecule has 0 unspecified atom stereocenters. The van der Waals surface area contributed by atoms with Gasteiger partial charge in [-0.2, -0.15) is 18.3 Å². The maximum Gasteiger partial charge on any atom is 0.416 e. The fourth-order valence-electron chi connectivity index (χ4n) is 2.41. The van der Waals surface area contributed by atoms with E-state index in [9.17, 15) is 22.4 Å². The summed E-state index contributed by atoms with van der Waals surface area (Å²) in [7, 11) is 0. The van der Waals surface area contributed by atoms with Gasteiger partial charge in [0.2, 0.25) is 0 Å². The molecule has 0 aliphatic carbocycles. The number of hydrogen-bond donors (Lipinski definition) is 1. The first-order valence-electron chi connectivity index (χ1n) is 7.33. The third-order valence-corrected chi connectivity index (χ3v) is 3.54. The minimum atomic E-state index is -4.64. The lowest BCUT2D eigenvalue weighted by Gasteiger charge is -2.10. The van der Waals surface area contributed by atoms with Crippen LogP contribution in [0, 0.1) is 5.82 Å². The van der Waals surface area contributed by atoms with Crippen molar-refractivity contribution in [2.45, 2.75) is 12.6 Å². The molecule has 0 saturated carbocycles. The molecule has 1 aromatic carbocycles. The van der Waals surface area contributed by atoms with E-state index in [1.165, 1.54) is 29.2 Å². The van der Waals surface area contributed by atoms with Gasteiger partial charge in [0.25, 0.3) is 0 Å². The summed E-state index contributed by atoms with van der Waals surface area (Å²) in [6.45, 7) is 0. The van der Waals surface area contributed by atoms with Crippen LogP contribution in [0.1, 0.15) is 27.3 Å². The molecule has 3 aromatic rings. The van der Waals surface area contributed by atoms with Crippen molar-refractivity contribution in [3.63, 3.8) is 0 Å². The molecule has 0 amide bonds. The number of hydrogen-bond acceptors (Lipinski definition) is 3. The number of carboxylic acid groups (broad SMARTS) is 1. The number of aromatic carboxylic acids is 1. The van der Waals surface area contributed by atoms with Gasteiger partial charge in [0, 0.05) is 24.5 Å². The second kappa shape index (κ2) is 6.58. The summed E-state index contributed by atoms with van der Waals surface area (Å²) in [4.78, 5) is 14.9. The predicted molar refractivity (Wildman–Crippen MR) is 82.5 cm³/mol. The van der Waals surface area contributed by atoms with Gasteiger partial charge in [0.15, 0.2) is 5.69 Å². The molecule has 134 valence electrons. The Kier molecular flexibility index (Phi) is 4.45. The fraction of sp³-hybridized carbons (Fsp3) is 0.118. The molecule has 0 radical (unpaired) electrons. The van der Waals surface area contributed by atoms with Gasteiger partial charge in [0.1, 0.15) is 5.82 Å². The van der Waals surface area contributed by atoms with Gasteiger partial charge in [0.05, 0.1) is 11.3 Å². The number of rotatable bonds is 4. The molecule has 0 spiro atoms. The third-order valence-electron chi connectivity index (χ3n) is 3.54. The van der Waals surface area contributed by atoms with Crippen molar-refractivity contribution in [3.05, 3.63) is 77.1 Å². The van der Waals surface area contributed by atoms with Crippen LogP contribution in [0.2, 0.25) is 0 Å². The van der Waals surface area contributed by atoms with Crippen LogP contribution in [0.4, 0.5) is 17.6 Å². The van der Waals surface area contributed by atoms with Crippen molar-refractivity contribution in [2.75, 3.05) is 0 Å². The minimum absolute atomic E-state index is 0.0261. The molecule has 9 heteroatoms. The summed E-state index contributed by atoms with van der Waals surface area (Å²) in [5.41, 5.74) is -0.234. The monoisotopic (exact) mass is 365 g/mol. The van der Waals surface area contributed by atoms with E-state index < -0.39 is 23.5 Å². The number of nitrogens with zero attached hydrogens (tertiary/aromatic N) is 3. The Balaban J connectivity index is 1.89. The number of carboxylic acids is 1. The van der Waals surface area contributed by atoms with Crippen molar-refractivity contribution in [2.24, 2.45) is 0 Å². The molecular formula is C17H11F4N3O2. The summed E-state index contributed by atoms with van der Waals surface area (Å²) >= 11 is 0. The summed E-state index contributed by atoms with van der Waals surface area (Å²) in [6.07, 6.45) is -1.82. The van der Waals surface area contributed by atoms with Gasteiger partial charge in [-0.1, -0.05) is 0 Å². The van der Waals surface area contributed by atoms with E-state index in [0.29, 0.717) is 17.4 Å². The molecule has 26 heavy (non-hydrogen) atoms. The first-order valence-corrected chi connectivity index (χ1v) is 7.33. The molecule has 1 N–H and O–H groups in total. The quantitative estimate of drug-likeness (QED) is 0.716. The van der Waals surface area contributed by atoms with E-state index >= 15 is 0 Å². The van der Waals surface area contributed by atoms with Crippen LogP contribution in [-0.2, 0) is 12.6 Å². The van der Waals surface area contributed by atoms with Gasteiger partial charge in [-0.3, -0.25) is 4.98 Å². The Hall–Kier alpha value is -3.23. The van der Waals surface area contributed by atoms with Crippen molar-refractivity contribution in [1.82, 2.24) is 14.8 Å². The van der Waals surface area contributed by atoms with Crippen molar-refractivity contribution >= 4 is 5.97 Å². The normalized spacial score (nSPS) is 11.5. The number of alkyl halides is 3. The zero-order chi connectivity index (χ0) is 18.9. The number of carbonyl (C=O) groups is 1. The van der Waals surface area contributed by atoms with E-state index in [4.69, 9.17) is 5.11 Å². The molecular weight excluding hydrogens is 354 g/mol. The Bertz CT molecular complexity index is 967. The maximum atomic E-state index is 13.5. The minimum Gasteiger partial charge on any atom is -0.476 e. The highest BCUT2D eigenvalue weighted by Crippen LogP contribution is 2.30. The van der Waals surface area contributed by atoms with Crippen LogP contribution >= 0.6 is 0 Å². The second-order valence-corrected chi connectivity index (χ2v) is 5.48. The van der Waals surface area contributed by atoms with Crippen LogP contribution in [0.15, 0.2) is 48.8 Å². The standard InChI is InChI=1S/C17H11F4N3O2/c18-12-6-10(5-11(8-12)17(19,20)21)7-13-9-14(1-3-22-13)24-4-2-15(23-24)16(25)26/h1-6,8-9H,7H2,(H,25,26). The van der Waals surface area contributed by atoms with Gasteiger partial charge in [-0.15, -0.1) is 0 Å². The predicted octanol–water partition coefficient (Wildman–Crippen LogP) is 3.71. The van der Waals surface area contributed by atoms with E-state index in [2.05, 4.69) is 10.1 Å². The Morgan fingerprint density at radius 3 is 2.58 bits per heavy atom. The zero-order valence-corrected chi connectivity index (χ0v) is 13.0. The second-order valence-electron chi connectivity index (χ2n) is 5.48. The maximum absolute atomic E-state index is 13.5. The smallest absolute Gasteiger partial charge is 0.416 e. The Morgan fingerprint density at radius 2 is 1.92 bits per heavy atom. The van der Waals surface area contributed by atoms with E-state index in [1.54, 1.807) is 6.07 Å². The van der Waals surface area contributed by atoms with Crippen LogP contribution in [-0.4, -0.2) is 25.8 Å². The topological polar surface area (TPSA) is 68.0 Å². The zero-order valence-electron chi connectivity index (χ0n) is 13.0. The lowest BCUT2D eigenvalue weighted by atomic mass is 10.0. The van der Waals surface area contributed by atoms with Gasteiger partial charge in [-0.05, 0) is 42.0 Å². The molecule has 0 aliphatic rings. The number of pyridine rings is 1. The summed E-state index contributed by atoms with van der Waals surface area (Å²) in [5.74, 6) is -2.17. The summed E-state index contributed by atoms with van der Waals surface area (Å²) in [5, 5.41) is 12.8. The number of aromatic nitrogens is 3. The first-order chi connectivity index (χ1) is 12.2. The Morgan fingerprint density at radius 1 is 1.15 bits per heavy atom. The van der Waals surface area contributed by atoms with Crippen LogP contribution in [0.5, 0.6) is 0 Å². The fourth-order valence-corrected chi connectivity index (χ4v) is 2.41. The Labute approximate surface area is 144 Å². The average molecular weight is 365 g/mol. The average Bonchev–Trinajstić information content (AvgIpc) is 3.04. The molecule has 3 rings (SSSR count). The SMILES string of the molecule is O=C(O)c1ccn(-c2ccnc(Cc3cc(F)cc(C(F)(F)F)c3)c2)n1. The summed E-state index contributed by atoms with van der Waals surface area (Å²) < 4.78 is 53.2. The number of benzene rings is 1. The van der Waals surface area contributed by atoms with Gasteiger partial charge < -0.3 is 5.11 Å². The van der Waals surface area contributed by atoms with E-state index in [1.807, 2.05) is 0 Å². The first kappa shape index (κ1) is 17.6. The summed E-state index contributed by atoms with van der Waals surface area (Å²) in [6, 6.07) is 6.73. The van der Waals surface area contributed by atoms with Gasteiger partial charge >= 0.3 is 12.1 Å². The van der Waals surface area contributed by atoms with Crippen molar-refractivity contribution in [1.29, 1.82) is 0 Å².